The number of Topliss-reactive ketones (excluding diaryl/α,β-unsaturated/α-hetero) is 1. The summed E-state index contributed by atoms with van der Waals surface area (Å²) in [4.78, 5) is 17.5. The van der Waals surface area contributed by atoms with E-state index in [4.69, 9.17) is 4.74 Å². The maximum Gasteiger partial charge on any atom is 0.165 e. The van der Waals surface area contributed by atoms with Crippen LogP contribution in [-0.2, 0) is 11.2 Å². The molecule has 5 heteroatoms. The Morgan fingerprint density at radius 3 is 2.54 bits per heavy atom. The highest BCUT2D eigenvalue weighted by Gasteiger charge is 2.27. The third-order valence-corrected chi connectivity index (χ3v) is 5.15. The van der Waals surface area contributed by atoms with Gasteiger partial charge in [-0.3, -0.25) is 9.78 Å². The van der Waals surface area contributed by atoms with Gasteiger partial charge in [0.25, 0.3) is 0 Å². The molecule has 3 rings (SSSR count). The number of pyridine rings is 1. The van der Waals surface area contributed by atoms with Crippen molar-refractivity contribution in [1.29, 1.82) is 0 Å². The van der Waals surface area contributed by atoms with Crippen LogP contribution in [0.15, 0.2) is 24.3 Å². The van der Waals surface area contributed by atoms with Crippen LogP contribution in [0, 0.1) is 12.8 Å². The Labute approximate surface area is 175 Å². The Kier molecular flexibility index (Phi) is 8.57. The number of carbonyl (C=O) groups is 1. The van der Waals surface area contributed by atoms with Crippen molar-refractivity contribution in [3.8, 4) is 0 Å². The summed E-state index contributed by atoms with van der Waals surface area (Å²) < 4.78 is 6.95. The van der Waals surface area contributed by atoms with Gasteiger partial charge in [-0.15, -0.1) is 0 Å². The van der Waals surface area contributed by atoms with Gasteiger partial charge in [0.15, 0.2) is 5.78 Å². The topological polar surface area (TPSA) is 39.2 Å². The lowest BCUT2D eigenvalue weighted by molar-refractivity contribution is 0.0519. The summed E-state index contributed by atoms with van der Waals surface area (Å²) in [5, 5.41) is 1.07. The predicted octanol–water partition coefficient (Wildman–Crippen LogP) is 5.87. The molecule has 0 unspecified atom stereocenters. The number of carbonyl (C=O) groups excluding carboxylic acids is 1. The van der Waals surface area contributed by atoms with Crippen molar-refractivity contribution >= 4 is 54.9 Å². The molecule has 2 aromatic rings. The van der Waals surface area contributed by atoms with Gasteiger partial charge in [-0.2, -0.15) is 0 Å². The van der Waals surface area contributed by atoms with E-state index in [-0.39, 0.29) is 11.7 Å². The first-order valence-corrected chi connectivity index (χ1v) is 10.8. The summed E-state index contributed by atoms with van der Waals surface area (Å²) >= 11 is 6.23. The fraction of sp³-hybridized carbons (Fsp3) is 0.476. The van der Waals surface area contributed by atoms with Gasteiger partial charge in [-0.05, 0) is 91.4 Å². The van der Waals surface area contributed by atoms with E-state index in [0.717, 1.165) is 54.3 Å². The van der Waals surface area contributed by atoms with Crippen LogP contribution in [0.25, 0.3) is 10.9 Å². The quantitative estimate of drug-likeness (QED) is 0.236. The van der Waals surface area contributed by atoms with Crippen molar-refractivity contribution in [2.24, 2.45) is 5.92 Å². The van der Waals surface area contributed by atoms with Crippen LogP contribution in [0.5, 0.6) is 0 Å². The molecule has 3 nitrogen and oxygen atoms in total. The number of fused-ring (bicyclic) bond motifs is 1. The first kappa shape index (κ1) is 21.4. The van der Waals surface area contributed by atoms with E-state index in [1.54, 1.807) is 10.5 Å². The molecular weight excluding hydrogens is 457 g/mol. The number of ketones is 1. The number of aromatic nitrogens is 1. The first-order valence-electron chi connectivity index (χ1n) is 9.05. The monoisotopic (exact) mass is 483 g/mol. The number of ether oxygens (including phenoxy) is 1. The number of methoxy groups -OCH3 is 1. The standard InChI is InChI=1S/C20H25NO2.CHIS/c1-4-14-11-17-12-16(7-10-19(17)21-13(14)2)20(22)15-5-8-18(23-3)9-6-15;2-1-3/h7,10-12,15,18H,4-6,8-9H2,1-3H3;1H. The van der Waals surface area contributed by atoms with E-state index in [2.05, 4.69) is 30.2 Å². The average molecular weight is 483 g/mol. The smallest absolute Gasteiger partial charge is 0.165 e. The van der Waals surface area contributed by atoms with Crippen molar-refractivity contribution in [2.45, 2.75) is 52.1 Å². The largest absolute Gasteiger partial charge is 0.381 e. The number of hydrogen-bond acceptors (Lipinski definition) is 4. The van der Waals surface area contributed by atoms with Crippen molar-refractivity contribution in [1.82, 2.24) is 4.98 Å². The molecule has 1 aromatic carbocycles. The molecule has 0 bridgehead atoms. The molecule has 0 amide bonds. The van der Waals surface area contributed by atoms with E-state index in [0.29, 0.717) is 6.10 Å². The lowest BCUT2D eigenvalue weighted by atomic mass is 9.82. The third kappa shape index (κ3) is 5.30. The van der Waals surface area contributed by atoms with Crippen molar-refractivity contribution in [2.75, 3.05) is 7.11 Å². The summed E-state index contributed by atoms with van der Waals surface area (Å²) in [6, 6.07) is 8.11. The number of rotatable bonds is 4. The lowest BCUT2D eigenvalue weighted by Gasteiger charge is -2.26. The molecule has 1 aromatic heterocycles. The molecule has 0 atom stereocenters. The predicted molar refractivity (Wildman–Crippen MR) is 121 cm³/mol. The highest BCUT2D eigenvalue weighted by Crippen LogP contribution is 2.29. The number of benzene rings is 1. The summed E-state index contributed by atoms with van der Waals surface area (Å²) in [6.45, 7) is 4.19. The Hall–Kier alpha value is -0.920. The van der Waals surface area contributed by atoms with Gasteiger partial charge in [0.2, 0.25) is 0 Å². The molecule has 0 saturated heterocycles. The van der Waals surface area contributed by atoms with Gasteiger partial charge >= 0.3 is 0 Å². The average Bonchev–Trinajstić information content (AvgIpc) is 2.67. The van der Waals surface area contributed by atoms with Crippen LogP contribution in [0.3, 0.4) is 0 Å². The highest BCUT2D eigenvalue weighted by atomic mass is 127. The lowest BCUT2D eigenvalue weighted by Crippen LogP contribution is -2.25. The second-order valence-electron chi connectivity index (χ2n) is 6.66. The normalized spacial score (nSPS) is 19.5. The molecule has 0 radical (unpaired) electrons. The number of aryl methyl sites for hydroxylation is 2. The van der Waals surface area contributed by atoms with Gasteiger partial charge in [-0.25, -0.2) is 0 Å². The van der Waals surface area contributed by atoms with E-state index in [1.165, 1.54) is 5.56 Å². The van der Waals surface area contributed by atoms with E-state index >= 15 is 0 Å². The summed E-state index contributed by atoms with van der Waals surface area (Å²) in [5.41, 5.74) is 4.13. The van der Waals surface area contributed by atoms with Crippen LogP contribution in [0.1, 0.15) is 54.2 Å². The number of nitrogens with zero attached hydrogens (tertiary/aromatic N) is 1. The van der Waals surface area contributed by atoms with Crippen LogP contribution in [0.2, 0.25) is 0 Å². The fourth-order valence-corrected chi connectivity index (χ4v) is 3.62. The number of halogens is 1. The SMILES string of the molecule is CCc1cc2cc(C(=O)C3CCC(OC)CC3)ccc2nc1C.S=CI. The molecule has 1 aliphatic carbocycles. The Balaban J connectivity index is 0.000000758. The number of hydrogen-bond donors (Lipinski definition) is 0. The minimum atomic E-state index is 0.142. The molecular formula is C21H26INO2S. The zero-order chi connectivity index (χ0) is 19.1. The van der Waals surface area contributed by atoms with E-state index in [9.17, 15) is 4.79 Å². The van der Waals surface area contributed by atoms with E-state index in [1.807, 2.05) is 47.7 Å². The van der Waals surface area contributed by atoms with Gasteiger partial charge in [0, 0.05) is 33.0 Å². The molecule has 1 heterocycles. The molecule has 0 spiro atoms. The molecule has 0 aliphatic heterocycles. The second kappa shape index (κ2) is 10.4. The van der Waals surface area contributed by atoms with Crippen molar-refractivity contribution in [3.05, 3.63) is 41.1 Å². The molecule has 1 fully saturated rings. The summed E-state index contributed by atoms with van der Waals surface area (Å²) in [6.07, 6.45) is 5.13. The summed E-state index contributed by atoms with van der Waals surface area (Å²) in [7, 11) is 1.76. The van der Waals surface area contributed by atoms with Gasteiger partial charge < -0.3 is 4.74 Å². The molecule has 0 N–H and O–H groups in total. The Bertz CT molecular complexity index is 770. The zero-order valence-electron chi connectivity index (χ0n) is 15.6. The highest BCUT2D eigenvalue weighted by molar-refractivity contribution is 14.1. The third-order valence-electron chi connectivity index (χ3n) is 5.15. The Morgan fingerprint density at radius 2 is 1.96 bits per heavy atom. The Morgan fingerprint density at radius 1 is 1.31 bits per heavy atom. The van der Waals surface area contributed by atoms with Crippen molar-refractivity contribution in [3.63, 3.8) is 0 Å². The van der Waals surface area contributed by atoms with Gasteiger partial charge in [0.1, 0.15) is 0 Å². The van der Waals surface area contributed by atoms with Gasteiger partial charge in [0.05, 0.1) is 11.6 Å². The molecule has 140 valence electrons. The minimum absolute atomic E-state index is 0.142. The summed E-state index contributed by atoms with van der Waals surface area (Å²) in [5.74, 6) is 0.419. The second-order valence-corrected chi connectivity index (χ2v) is 8.36. The minimum Gasteiger partial charge on any atom is -0.381 e. The van der Waals surface area contributed by atoms with Crippen LogP contribution < -0.4 is 0 Å². The number of thiocarbonyl (C=S) groups is 1. The van der Waals surface area contributed by atoms with E-state index < -0.39 is 0 Å². The maximum absolute atomic E-state index is 12.8. The molecule has 26 heavy (non-hydrogen) atoms. The molecule has 1 aliphatic rings. The van der Waals surface area contributed by atoms with Crippen LogP contribution >= 0.6 is 34.8 Å². The van der Waals surface area contributed by atoms with Crippen LogP contribution in [-0.4, -0.2) is 27.4 Å². The van der Waals surface area contributed by atoms with Crippen molar-refractivity contribution < 1.29 is 9.53 Å². The fourth-order valence-electron chi connectivity index (χ4n) is 3.62. The first-order chi connectivity index (χ1) is 12.5. The van der Waals surface area contributed by atoms with Crippen LogP contribution in [0.4, 0.5) is 0 Å². The zero-order valence-corrected chi connectivity index (χ0v) is 18.6. The van der Waals surface area contributed by atoms with Gasteiger partial charge in [-0.1, -0.05) is 19.1 Å². The maximum atomic E-state index is 12.8. The molecule has 1 saturated carbocycles.